The molecule has 0 aliphatic carbocycles. The van der Waals surface area contributed by atoms with E-state index in [0.29, 0.717) is 0 Å². The topological polar surface area (TPSA) is 0 Å². The van der Waals surface area contributed by atoms with Gasteiger partial charge in [-0.05, 0) is 167 Å². The Kier molecular flexibility index (Phi) is 5.45. The van der Waals surface area contributed by atoms with Crippen molar-refractivity contribution in [3.8, 4) is 33.4 Å². The molecule has 54 heavy (non-hydrogen) atoms. The van der Waals surface area contributed by atoms with Crippen LogP contribution in [0.1, 0.15) is 0 Å². The van der Waals surface area contributed by atoms with Crippen molar-refractivity contribution in [1.29, 1.82) is 0 Å². The van der Waals surface area contributed by atoms with Gasteiger partial charge in [0.1, 0.15) is 0 Å². The summed E-state index contributed by atoms with van der Waals surface area (Å²) in [4.78, 5) is 0. The predicted octanol–water partition coefficient (Wildman–Crippen LogP) is 15.4. The van der Waals surface area contributed by atoms with Crippen LogP contribution in [-0.4, -0.2) is 0 Å². The lowest BCUT2D eigenvalue weighted by Crippen LogP contribution is -1.93. The zero-order chi connectivity index (χ0) is 35.1. The third-order valence-corrected chi connectivity index (χ3v) is 12.4. The Morgan fingerprint density at radius 2 is 0.426 bits per heavy atom. The molecule has 0 aliphatic rings. The molecule has 0 saturated carbocycles. The number of hydrogen-bond acceptors (Lipinski definition) is 0. The molecule has 0 heterocycles. The van der Waals surface area contributed by atoms with Gasteiger partial charge in [-0.3, -0.25) is 0 Å². The van der Waals surface area contributed by atoms with Crippen LogP contribution in [0, 0.1) is 0 Å². The van der Waals surface area contributed by atoms with E-state index in [0.717, 1.165) is 0 Å². The van der Waals surface area contributed by atoms with Crippen LogP contribution in [0.5, 0.6) is 0 Å². The molecule has 0 unspecified atom stereocenters. The fourth-order valence-electron chi connectivity index (χ4n) is 10.1. The SMILES string of the molecule is c1cc2ccc3cccc4c(-c5cc(-c6cc7cccc8ccc9cccc6c9c87)cc(-c6cc7cccc8ccc9cccc6c9c87)c5)cc(c1)c2c34. The summed E-state index contributed by atoms with van der Waals surface area (Å²) in [5.74, 6) is 0. The van der Waals surface area contributed by atoms with Crippen LogP contribution in [0.3, 0.4) is 0 Å². The molecule has 0 spiro atoms. The van der Waals surface area contributed by atoms with E-state index in [-0.39, 0.29) is 0 Å². The number of hydrogen-bond donors (Lipinski definition) is 0. The summed E-state index contributed by atoms with van der Waals surface area (Å²) in [5, 5.41) is 23.5. The van der Waals surface area contributed by atoms with E-state index in [1.807, 2.05) is 0 Å². The summed E-state index contributed by atoms with van der Waals surface area (Å²) in [6.45, 7) is 0. The van der Waals surface area contributed by atoms with Crippen molar-refractivity contribution in [1.82, 2.24) is 0 Å². The minimum absolute atomic E-state index is 1.23. The van der Waals surface area contributed by atoms with Crippen LogP contribution < -0.4 is 0 Å². The lowest BCUT2D eigenvalue weighted by Gasteiger charge is -2.20. The maximum absolute atomic E-state index is 2.46. The molecule has 0 saturated heterocycles. The molecule has 13 aromatic rings. The van der Waals surface area contributed by atoms with Crippen molar-refractivity contribution < 1.29 is 0 Å². The Morgan fingerprint density at radius 1 is 0.185 bits per heavy atom. The first-order valence-electron chi connectivity index (χ1n) is 18.9. The molecule has 13 rings (SSSR count). The van der Waals surface area contributed by atoms with Gasteiger partial charge in [-0.1, -0.05) is 146 Å². The van der Waals surface area contributed by atoms with E-state index in [1.165, 1.54) is 130 Å². The lowest BCUT2D eigenvalue weighted by atomic mass is 9.84. The van der Waals surface area contributed by atoms with Gasteiger partial charge < -0.3 is 0 Å². The van der Waals surface area contributed by atoms with Crippen LogP contribution in [0.25, 0.3) is 130 Å². The standard InChI is InChI=1S/C54H30/c1-7-31-19-22-34-10-4-16-43-46(28-37(13-1)49(31)52(34)43)40-25-41(47-29-38-14-2-8-32-20-23-35-11-5-17-44(47)53(35)50(32)38)27-42(26-40)48-30-39-15-3-9-33-21-24-36-12-6-18-45(48)54(36)51(33)39/h1-30H. The highest BCUT2D eigenvalue weighted by molar-refractivity contribution is 6.29. The van der Waals surface area contributed by atoms with Crippen LogP contribution in [0.4, 0.5) is 0 Å². The molecule has 0 radical (unpaired) electrons. The minimum atomic E-state index is 1.23. The molecule has 0 heteroatoms. The van der Waals surface area contributed by atoms with Gasteiger partial charge in [-0.25, -0.2) is 0 Å². The lowest BCUT2D eigenvalue weighted by molar-refractivity contribution is 1.62. The number of rotatable bonds is 3. The molecule has 246 valence electrons. The van der Waals surface area contributed by atoms with Gasteiger partial charge >= 0.3 is 0 Å². The molecule has 0 aliphatic heterocycles. The minimum Gasteiger partial charge on any atom is -0.0610 e. The predicted molar refractivity (Wildman–Crippen MR) is 234 cm³/mol. The highest BCUT2D eigenvalue weighted by Gasteiger charge is 2.20. The monoisotopic (exact) mass is 678 g/mol. The van der Waals surface area contributed by atoms with Gasteiger partial charge in [0, 0.05) is 0 Å². The summed E-state index contributed by atoms with van der Waals surface area (Å²) in [6, 6.07) is 69.0. The molecular weight excluding hydrogens is 649 g/mol. The van der Waals surface area contributed by atoms with Gasteiger partial charge in [-0.15, -0.1) is 0 Å². The third kappa shape index (κ3) is 3.77. The van der Waals surface area contributed by atoms with Crippen LogP contribution in [-0.2, 0) is 0 Å². The van der Waals surface area contributed by atoms with Crippen molar-refractivity contribution in [2.75, 3.05) is 0 Å². The molecule has 0 nitrogen and oxygen atoms in total. The maximum Gasteiger partial charge on any atom is -0.00206 e. The Labute approximate surface area is 311 Å². The second-order valence-corrected chi connectivity index (χ2v) is 15.2. The van der Waals surface area contributed by atoms with E-state index in [9.17, 15) is 0 Å². The highest BCUT2D eigenvalue weighted by atomic mass is 14.2. The first-order valence-corrected chi connectivity index (χ1v) is 18.9. The summed E-state index contributed by atoms with van der Waals surface area (Å²) < 4.78 is 0. The summed E-state index contributed by atoms with van der Waals surface area (Å²) in [5.41, 5.74) is 7.50. The van der Waals surface area contributed by atoms with Gasteiger partial charge in [0.25, 0.3) is 0 Å². The van der Waals surface area contributed by atoms with Gasteiger partial charge in [-0.2, -0.15) is 0 Å². The van der Waals surface area contributed by atoms with Crippen molar-refractivity contribution in [3.63, 3.8) is 0 Å². The Balaban J connectivity index is 1.19. The van der Waals surface area contributed by atoms with Gasteiger partial charge in [0.15, 0.2) is 0 Å². The zero-order valence-electron chi connectivity index (χ0n) is 29.3. The summed E-state index contributed by atoms with van der Waals surface area (Å²) >= 11 is 0. The van der Waals surface area contributed by atoms with Crippen LogP contribution >= 0.6 is 0 Å². The van der Waals surface area contributed by atoms with Crippen LogP contribution in [0.2, 0.25) is 0 Å². The molecule has 0 N–H and O–H groups in total. The fourth-order valence-corrected chi connectivity index (χ4v) is 10.1. The van der Waals surface area contributed by atoms with Gasteiger partial charge in [0.05, 0.1) is 0 Å². The Hall–Kier alpha value is -7.02. The molecule has 0 atom stereocenters. The molecule has 0 fully saturated rings. The molecule has 0 aromatic heterocycles. The first kappa shape index (κ1) is 28.6. The summed E-state index contributed by atoms with van der Waals surface area (Å²) in [6.07, 6.45) is 0. The first-order chi connectivity index (χ1) is 26.7. The van der Waals surface area contributed by atoms with Crippen molar-refractivity contribution in [3.05, 3.63) is 182 Å². The largest absolute Gasteiger partial charge is 0.0610 e. The van der Waals surface area contributed by atoms with Crippen LogP contribution in [0.15, 0.2) is 182 Å². The molecular formula is C54H30. The molecule has 0 amide bonds. The number of benzene rings is 13. The average Bonchev–Trinajstić information content (AvgIpc) is 3.23. The quantitative estimate of drug-likeness (QED) is 0.163. The maximum atomic E-state index is 2.46. The van der Waals surface area contributed by atoms with E-state index >= 15 is 0 Å². The van der Waals surface area contributed by atoms with Gasteiger partial charge in [0.2, 0.25) is 0 Å². The third-order valence-electron chi connectivity index (χ3n) is 12.4. The second-order valence-electron chi connectivity index (χ2n) is 15.2. The Morgan fingerprint density at radius 3 is 0.722 bits per heavy atom. The highest BCUT2D eigenvalue weighted by Crippen LogP contribution is 2.47. The van der Waals surface area contributed by atoms with E-state index in [2.05, 4.69) is 182 Å². The smallest absolute Gasteiger partial charge is 0.00206 e. The van der Waals surface area contributed by atoms with E-state index in [1.54, 1.807) is 0 Å². The Bertz CT molecular complexity index is 3260. The zero-order valence-corrected chi connectivity index (χ0v) is 29.3. The molecule has 0 bridgehead atoms. The van der Waals surface area contributed by atoms with Crippen molar-refractivity contribution >= 4 is 97.0 Å². The van der Waals surface area contributed by atoms with Crippen molar-refractivity contribution in [2.45, 2.75) is 0 Å². The average molecular weight is 679 g/mol. The fraction of sp³-hybridized carbons (Fsp3) is 0. The second kappa shape index (κ2) is 10.3. The van der Waals surface area contributed by atoms with E-state index < -0.39 is 0 Å². The normalized spacial score (nSPS) is 12.4. The van der Waals surface area contributed by atoms with E-state index in [4.69, 9.17) is 0 Å². The van der Waals surface area contributed by atoms with Crippen molar-refractivity contribution in [2.24, 2.45) is 0 Å². The molecule has 13 aromatic carbocycles. The summed E-state index contributed by atoms with van der Waals surface area (Å²) in [7, 11) is 0.